The molecule has 176 valence electrons. The van der Waals surface area contributed by atoms with Crippen LogP contribution < -0.4 is 14.8 Å². The first-order chi connectivity index (χ1) is 15.2. The van der Waals surface area contributed by atoms with Crippen LogP contribution in [0.3, 0.4) is 0 Å². The van der Waals surface area contributed by atoms with Gasteiger partial charge in [-0.3, -0.25) is 4.18 Å². The lowest BCUT2D eigenvalue weighted by molar-refractivity contribution is -0.159. The Morgan fingerprint density at radius 2 is 1.69 bits per heavy atom. The molecular formula is C21H27NO9S. The molecule has 2 atom stereocenters. The number of hydrogen-bond acceptors (Lipinski definition) is 8. The molecule has 0 spiro atoms. The molecule has 0 bridgehead atoms. The maximum atomic E-state index is 11.9. The van der Waals surface area contributed by atoms with Gasteiger partial charge >= 0.3 is 11.9 Å². The molecule has 2 rings (SSSR count). The molecule has 4 N–H and O–H groups in total. The predicted octanol–water partition coefficient (Wildman–Crippen LogP) is 1.53. The zero-order valence-corrected chi connectivity index (χ0v) is 18.8. The lowest BCUT2D eigenvalue weighted by Gasteiger charge is -2.15. The molecule has 0 amide bonds. The molecule has 0 aliphatic carbocycles. The second kappa shape index (κ2) is 14.1. The first kappa shape index (κ1) is 27.0. The molecule has 0 saturated carbocycles. The number of carbonyl (C=O) groups is 2. The van der Waals surface area contributed by atoms with E-state index in [0.717, 1.165) is 5.56 Å². The van der Waals surface area contributed by atoms with Gasteiger partial charge in [-0.2, -0.15) is 0 Å². The number of hydrogen-bond donors (Lipinski definition) is 4. The van der Waals surface area contributed by atoms with Gasteiger partial charge in [-0.05, 0) is 36.2 Å². The maximum Gasteiger partial charge on any atom is 0.414 e. The summed E-state index contributed by atoms with van der Waals surface area (Å²) in [4.78, 5) is 18.8. The topological polar surface area (TPSA) is 152 Å². The number of aryl methyl sites for hydroxylation is 1. The van der Waals surface area contributed by atoms with E-state index in [-0.39, 0.29) is 0 Å². The smallest absolute Gasteiger partial charge is 0.414 e. The third kappa shape index (κ3) is 9.02. The number of rotatable bonds is 10. The number of aliphatic hydroxyl groups excluding tert-OH is 1. The number of methoxy groups -OCH3 is 1. The van der Waals surface area contributed by atoms with Crippen LogP contribution in [-0.4, -0.2) is 65.4 Å². The largest absolute Gasteiger partial charge is 0.493 e. The van der Waals surface area contributed by atoms with Crippen molar-refractivity contribution in [3.63, 3.8) is 0 Å². The van der Waals surface area contributed by atoms with Crippen LogP contribution in [0.25, 0.3) is 0 Å². The minimum Gasteiger partial charge on any atom is -0.493 e. The van der Waals surface area contributed by atoms with E-state index in [9.17, 15) is 9.32 Å². The highest BCUT2D eigenvalue weighted by Crippen LogP contribution is 2.25. The summed E-state index contributed by atoms with van der Waals surface area (Å²) >= 11 is -1.53. The summed E-state index contributed by atoms with van der Waals surface area (Å²) in [5, 5.41) is 28.3. The van der Waals surface area contributed by atoms with E-state index in [1.807, 2.05) is 43.3 Å². The average Bonchev–Trinajstić information content (AvgIpc) is 2.79. The summed E-state index contributed by atoms with van der Waals surface area (Å²) in [5.74, 6) is -2.28. The van der Waals surface area contributed by atoms with Gasteiger partial charge in [0.15, 0.2) is 22.6 Å². The van der Waals surface area contributed by atoms with Gasteiger partial charge in [0.05, 0.1) is 25.2 Å². The van der Waals surface area contributed by atoms with Crippen molar-refractivity contribution in [1.29, 1.82) is 0 Å². The van der Waals surface area contributed by atoms with Gasteiger partial charge in [-0.15, -0.1) is 0 Å². The monoisotopic (exact) mass is 469 g/mol. The number of para-hydroxylation sites is 2. The van der Waals surface area contributed by atoms with E-state index in [4.69, 9.17) is 33.5 Å². The summed E-state index contributed by atoms with van der Waals surface area (Å²) in [6, 6.07) is 12.8. The summed E-state index contributed by atoms with van der Waals surface area (Å²) in [5.41, 5.74) is 1.55. The number of aliphatic hydroxyl groups is 1. The lowest BCUT2D eigenvalue weighted by atomic mass is 10.1. The minimum atomic E-state index is -1.82. The van der Waals surface area contributed by atoms with Crippen LogP contribution in [0.15, 0.2) is 47.4 Å². The van der Waals surface area contributed by atoms with Crippen molar-refractivity contribution < 1.29 is 42.8 Å². The summed E-state index contributed by atoms with van der Waals surface area (Å²) in [7, 11) is 2.99. The van der Waals surface area contributed by atoms with Crippen LogP contribution in [-0.2, 0) is 24.9 Å². The molecule has 2 unspecified atom stereocenters. The Morgan fingerprint density at radius 1 is 1.06 bits per heavy atom. The third-order valence-electron chi connectivity index (χ3n) is 4.05. The highest BCUT2D eigenvalue weighted by atomic mass is 32.2. The number of benzene rings is 2. The van der Waals surface area contributed by atoms with E-state index in [1.165, 1.54) is 7.11 Å². The van der Waals surface area contributed by atoms with E-state index < -0.39 is 29.1 Å². The van der Waals surface area contributed by atoms with E-state index in [2.05, 4.69) is 5.32 Å². The van der Waals surface area contributed by atoms with Crippen LogP contribution in [0.1, 0.15) is 17.2 Å². The maximum absolute atomic E-state index is 11.9. The number of aliphatic carboxylic acids is 2. The highest BCUT2D eigenvalue weighted by Gasteiger charge is 2.13. The van der Waals surface area contributed by atoms with Crippen molar-refractivity contribution in [3.8, 4) is 11.5 Å². The Bertz CT molecular complexity index is 908. The minimum absolute atomic E-state index is 0.359. The van der Waals surface area contributed by atoms with E-state index in [0.29, 0.717) is 41.7 Å². The second-order valence-electron chi connectivity index (χ2n) is 6.26. The molecule has 0 radical (unpaired) electrons. The molecule has 0 saturated heterocycles. The zero-order chi connectivity index (χ0) is 24.1. The molecule has 2 aromatic rings. The van der Waals surface area contributed by atoms with Crippen molar-refractivity contribution >= 4 is 23.0 Å². The quantitative estimate of drug-likeness (QED) is 0.298. The Morgan fingerprint density at radius 3 is 2.25 bits per heavy atom. The predicted molar refractivity (Wildman–Crippen MR) is 116 cm³/mol. The Hall–Kier alpha value is -2.99. The van der Waals surface area contributed by atoms with Gasteiger partial charge < -0.3 is 30.1 Å². The fourth-order valence-corrected chi connectivity index (χ4v) is 3.16. The second-order valence-corrected chi connectivity index (χ2v) is 7.50. The number of ether oxygens (including phenoxy) is 2. The number of nitrogens with one attached hydrogen (secondary N) is 1. The molecule has 0 heterocycles. The van der Waals surface area contributed by atoms with Gasteiger partial charge in [0.1, 0.15) is 6.61 Å². The summed E-state index contributed by atoms with van der Waals surface area (Å²) in [6.07, 6.45) is -0.713. The van der Waals surface area contributed by atoms with Crippen LogP contribution in [0.2, 0.25) is 0 Å². The molecule has 2 aromatic carbocycles. The SMILES string of the molecule is COc1ccccc1OCCNCC(O)c1ccc(C)c(S(=O)OC)c1.O=C(O)C(=O)O. The number of carboxylic acid groups (broad SMARTS) is 2. The average molecular weight is 470 g/mol. The molecule has 11 heteroatoms. The van der Waals surface area contributed by atoms with Crippen LogP contribution in [0.4, 0.5) is 0 Å². The van der Waals surface area contributed by atoms with Crippen LogP contribution in [0.5, 0.6) is 11.5 Å². The van der Waals surface area contributed by atoms with Gasteiger partial charge in [0.25, 0.3) is 0 Å². The van der Waals surface area contributed by atoms with E-state index >= 15 is 0 Å². The third-order valence-corrected chi connectivity index (χ3v) is 5.16. The molecule has 0 aromatic heterocycles. The molecule has 0 fully saturated rings. The van der Waals surface area contributed by atoms with Crippen LogP contribution in [0, 0.1) is 6.92 Å². The Balaban J connectivity index is 0.000000751. The van der Waals surface area contributed by atoms with Crippen molar-refractivity contribution in [2.24, 2.45) is 0 Å². The number of carboxylic acids is 2. The van der Waals surface area contributed by atoms with Crippen molar-refractivity contribution in [2.45, 2.75) is 17.9 Å². The molecule has 10 nitrogen and oxygen atoms in total. The normalized spacial score (nSPS) is 12.1. The summed E-state index contributed by atoms with van der Waals surface area (Å²) < 4.78 is 27.6. The standard InChI is InChI=1S/C19H25NO5S.C2H2O4/c1-14-8-9-15(12-19(14)26(22)24-3)16(21)13-20-10-11-25-18-7-5-4-6-17(18)23-2;3-1(4)2(5)6/h4-9,12,16,20-21H,10-11,13H2,1-3H3;(H,3,4)(H,5,6). The highest BCUT2D eigenvalue weighted by molar-refractivity contribution is 7.80. The fraction of sp³-hybridized carbons (Fsp3) is 0.333. The lowest BCUT2D eigenvalue weighted by Crippen LogP contribution is -2.26. The Kier molecular flexibility index (Phi) is 12.0. The van der Waals surface area contributed by atoms with Crippen LogP contribution >= 0.6 is 0 Å². The van der Waals surface area contributed by atoms with Gasteiger partial charge in [0, 0.05) is 13.1 Å². The Labute approximate surface area is 188 Å². The van der Waals surface area contributed by atoms with Gasteiger partial charge in [-0.25, -0.2) is 13.8 Å². The van der Waals surface area contributed by atoms with E-state index in [1.54, 1.807) is 13.2 Å². The van der Waals surface area contributed by atoms with Gasteiger partial charge in [0.2, 0.25) is 0 Å². The first-order valence-corrected chi connectivity index (χ1v) is 10.5. The fourth-order valence-electron chi connectivity index (χ4n) is 2.42. The molecule has 0 aliphatic heterocycles. The summed E-state index contributed by atoms with van der Waals surface area (Å²) in [6.45, 7) is 3.23. The first-order valence-electron chi connectivity index (χ1n) is 9.38. The van der Waals surface area contributed by atoms with Gasteiger partial charge in [-0.1, -0.05) is 24.3 Å². The molecule has 0 aliphatic rings. The van der Waals surface area contributed by atoms with Crippen molar-refractivity contribution in [1.82, 2.24) is 5.32 Å². The van der Waals surface area contributed by atoms with Crippen molar-refractivity contribution in [3.05, 3.63) is 53.6 Å². The molecular weight excluding hydrogens is 442 g/mol. The zero-order valence-electron chi connectivity index (χ0n) is 17.9. The molecule has 32 heavy (non-hydrogen) atoms. The van der Waals surface area contributed by atoms with Crippen molar-refractivity contribution in [2.75, 3.05) is 33.9 Å².